The molecule has 0 spiro atoms. The Morgan fingerprint density at radius 3 is 3.29 bits per heavy atom. The largest absolute Gasteiger partial charge is 0.367 e. The topological polar surface area (TPSA) is 67.1 Å². The molecule has 1 atom stereocenters. The molecule has 1 fully saturated rings. The molecule has 0 aliphatic carbocycles. The van der Waals surface area contributed by atoms with Gasteiger partial charge in [-0.15, -0.1) is 10.2 Å². The number of hydrogen-bond donors (Lipinski definition) is 2. The van der Waals surface area contributed by atoms with Gasteiger partial charge in [0.25, 0.3) is 0 Å². The SMILES string of the molecule is Cc1nnc2c(NCC3CCNC3)nccn12. The third kappa shape index (κ3) is 1.95. The van der Waals surface area contributed by atoms with Gasteiger partial charge in [-0.25, -0.2) is 4.98 Å². The van der Waals surface area contributed by atoms with E-state index in [9.17, 15) is 0 Å². The van der Waals surface area contributed by atoms with Gasteiger partial charge in [0, 0.05) is 18.9 Å². The second-order valence-corrected chi connectivity index (χ2v) is 4.46. The fourth-order valence-corrected chi connectivity index (χ4v) is 2.20. The molecule has 17 heavy (non-hydrogen) atoms. The lowest BCUT2D eigenvalue weighted by atomic mass is 10.1. The molecule has 6 heteroatoms. The van der Waals surface area contributed by atoms with Crippen molar-refractivity contribution in [2.75, 3.05) is 25.0 Å². The molecule has 3 heterocycles. The molecule has 1 aliphatic rings. The molecule has 0 aromatic carbocycles. The molecular formula is C11H16N6. The Morgan fingerprint density at radius 1 is 1.53 bits per heavy atom. The normalized spacial score (nSPS) is 19.9. The zero-order valence-corrected chi connectivity index (χ0v) is 9.85. The Hall–Kier alpha value is -1.69. The van der Waals surface area contributed by atoms with E-state index in [0.717, 1.165) is 36.9 Å². The summed E-state index contributed by atoms with van der Waals surface area (Å²) >= 11 is 0. The number of aryl methyl sites for hydroxylation is 1. The highest BCUT2D eigenvalue weighted by Crippen LogP contribution is 2.14. The van der Waals surface area contributed by atoms with Gasteiger partial charge < -0.3 is 10.6 Å². The van der Waals surface area contributed by atoms with Crippen molar-refractivity contribution in [2.24, 2.45) is 5.92 Å². The lowest BCUT2D eigenvalue weighted by molar-refractivity contribution is 0.614. The first kappa shape index (κ1) is 10.5. The highest BCUT2D eigenvalue weighted by molar-refractivity contribution is 5.61. The van der Waals surface area contributed by atoms with E-state index in [0.29, 0.717) is 5.92 Å². The van der Waals surface area contributed by atoms with Crippen LogP contribution in [0.15, 0.2) is 12.4 Å². The van der Waals surface area contributed by atoms with Crippen molar-refractivity contribution in [1.82, 2.24) is 24.9 Å². The van der Waals surface area contributed by atoms with Gasteiger partial charge in [-0.05, 0) is 32.4 Å². The van der Waals surface area contributed by atoms with Crippen molar-refractivity contribution in [3.05, 3.63) is 18.2 Å². The summed E-state index contributed by atoms with van der Waals surface area (Å²) in [5.41, 5.74) is 0.802. The minimum absolute atomic E-state index is 0.682. The van der Waals surface area contributed by atoms with Crippen molar-refractivity contribution >= 4 is 11.5 Å². The summed E-state index contributed by atoms with van der Waals surface area (Å²) in [5, 5.41) is 14.9. The van der Waals surface area contributed by atoms with Crippen LogP contribution in [0.3, 0.4) is 0 Å². The van der Waals surface area contributed by atoms with Crippen LogP contribution in [0.4, 0.5) is 5.82 Å². The first-order valence-corrected chi connectivity index (χ1v) is 5.95. The molecule has 0 saturated carbocycles. The smallest absolute Gasteiger partial charge is 0.203 e. The van der Waals surface area contributed by atoms with E-state index in [1.165, 1.54) is 6.42 Å². The number of hydrogen-bond acceptors (Lipinski definition) is 5. The standard InChI is InChI=1S/C11H16N6/c1-8-15-16-11-10(13-4-5-17(8)11)14-7-9-2-3-12-6-9/h4-5,9,12H,2-3,6-7H2,1H3,(H,13,14). The summed E-state index contributed by atoms with van der Waals surface area (Å²) in [6, 6.07) is 0. The molecule has 6 nitrogen and oxygen atoms in total. The van der Waals surface area contributed by atoms with Crippen LogP contribution < -0.4 is 10.6 Å². The molecule has 2 aromatic heterocycles. The monoisotopic (exact) mass is 232 g/mol. The summed E-state index contributed by atoms with van der Waals surface area (Å²) in [4.78, 5) is 4.33. The molecule has 90 valence electrons. The van der Waals surface area contributed by atoms with Crippen LogP contribution in [0.5, 0.6) is 0 Å². The number of aromatic nitrogens is 4. The van der Waals surface area contributed by atoms with E-state index in [2.05, 4.69) is 25.8 Å². The van der Waals surface area contributed by atoms with Gasteiger partial charge in [0.2, 0.25) is 5.65 Å². The maximum atomic E-state index is 4.33. The molecule has 2 aromatic rings. The van der Waals surface area contributed by atoms with E-state index in [-0.39, 0.29) is 0 Å². The van der Waals surface area contributed by atoms with E-state index < -0.39 is 0 Å². The average Bonchev–Trinajstić information content (AvgIpc) is 2.97. The Morgan fingerprint density at radius 2 is 2.47 bits per heavy atom. The van der Waals surface area contributed by atoms with Crippen LogP contribution in [-0.4, -0.2) is 39.2 Å². The van der Waals surface area contributed by atoms with Gasteiger partial charge in [-0.1, -0.05) is 0 Å². The quantitative estimate of drug-likeness (QED) is 0.804. The number of nitrogens with one attached hydrogen (secondary N) is 2. The zero-order valence-electron chi connectivity index (χ0n) is 9.85. The number of anilines is 1. The zero-order chi connectivity index (χ0) is 11.7. The molecule has 0 amide bonds. The van der Waals surface area contributed by atoms with Gasteiger partial charge in [-0.2, -0.15) is 0 Å². The van der Waals surface area contributed by atoms with Gasteiger partial charge >= 0.3 is 0 Å². The Balaban J connectivity index is 1.79. The summed E-state index contributed by atoms with van der Waals surface area (Å²) in [7, 11) is 0. The Bertz CT molecular complexity index is 514. The van der Waals surface area contributed by atoms with Crippen LogP contribution in [0, 0.1) is 12.8 Å². The highest BCUT2D eigenvalue weighted by atomic mass is 15.3. The van der Waals surface area contributed by atoms with Crippen molar-refractivity contribution in [3.8, 4) is 0 Å². The van der Waals surface area contributed by atoms with Gasteiger partial charge in [0.1, 0.15) is 5.82 Å². The third-order valence-corrected chi connectivity index (χ3v) is 3.22. The number of fused-ring (bicyclic) bond motifs is 1. The maximum absolute atomic E-state index is 4.33. The van der Waals surface area contributed by atoms with Gasteiger partial charge in [0.05, 0.1) is 0 Å². The molecule has 1 unspecified atom stereocenters. The first-order chi connectivity index (χ1) is 8.34. The van der Waals surface area contributed by atoms with Gasteiger partial charge in [-0.3, -0.25) is 4.40 Å². The molecule has 0 bridgehead atoms. The summed E-state index contributed by atoms with van der Waals surface area (Å²) in [5.74, 6) is 2.38. The van der Waals surface area contributed by atoms with Crippen LogP contribution in [0.2, 0.25) is 0 Å². The van der Waals surface area contributed by atoms with E-state index in [1.807, 2.05) is 17.5 Å². The van der Waals surface area contributed by atoms with E-state index in [4.69, 9.17) is 0 Å². The molecular weight excluding hydrogens is 216 g/mol. The average molecular weight is 232 g/mol. The van der Waals surface area contributed by atoms with Crippen LogP contribution in [0.25, 0.3) is 5.65 Å². The molecule has 2 N–H and O–H groups in total. The third-order valence-electron chi connectivity index (χ3n) is 3.22. The lowest BCUT2D eigenvalue weighted by Gasteiger charge is -2.10. The molecule has 1 saturated heterocycles. The second-order valence-electron chi connectivity index (χ2n) is 4.46. The van der Waals surface area contributed by atoms with Crippen LogP contribution >= 0.6 is 0 Å². The minimum atomic E-state index is 0.682. The molecule has 1 aliphatic heterocycles. The van der Waals surface area contributed by atoms with Crippen molar-refractivity contribution in [1.29, 1.82) is 0 Å². The molecule has 3 rings (SSSR count). The summed E-state index contributed by atoms with van der Waals surface area (Å²) < 4.78 is 1.95. The van der Waals surface area contributed by atoms with Crippen LogP contribution in [0.1, 0.15) is 12.2 Å². The predicted molar refractivity (Wildman–Crippen MR) is 65.0 cm³/mol. The number of nitrogens with zero attached hydrogens (tertiary/aromatic N) is 4. The predicted octanol–water partition coefficient (Wildman–Crippen LogP) is 0.454. The lowest BCUT2D eigenvalue weighted by Crippen LogP contribution is -2.18. The second kappa shape index (κ2) is 4.29. The highest BCUT2D eigenvalue weighted by Gasteiger charge is 2.15. The van der Waals surface area contributed by atoms with Gasteiger partial charge in [0.15, 0.2) is 5.82 Å². The summed E-state index contributed by atoms with van der Waals surface area (Å²) in [6.45, 7) is 5.08. The fraction of sp³-hybridized carbons (Fsp3) is 0.545. The van der Waals surface area contributed by atoms with Crippen molar-refractivity contribution in [2.45, 2.75) is 13.3 Å². The molecule has 0 radical (unpaired) electrons. The minimum Gasteiger partial charge on any atom is -0.367 e. The van der Waals surface area contributed by atoms with E-state index in [1.54, 1.807) is 6.20 Å². The summed E-state index contributed by atoms with van der Waals surface area (Å²) in [6.07, 6.45) is 4.88. The Kier molecular flexibility index (Phi) is 2.64. The van der Waals surface area contributed by atoms with Crippen LogP contribution in [-0.2, 0) is 0 Å². The first-order valence-electron chi connectivity index (χ1n) is 5.95. The Labute approximate surface area is 99.5 Å². The van der Waals surface area contributed by atoms with Crippen molar-refractivity contribution < 1.29 is 0 Å². The van der Waals surface area contributed by atoms with E-state index >= 15 is 0 Å². The fourth-order valence-electron chi connectivity index (χ4n) is 2.20. The van der Waals surface area contributed by atoms with Crippen molar-refractivity contribution in [3.63, 3.8) is 0 Å². The number of rotatable bonds is 3. The maximum Gasteiger partial charge on any atom is 0.203 e.